The van der Waals surface area contributed by atoms with E-state index in [4.69, 9.17) is 0 Å². The molecule has 3 aromatic rings. The molecule has 2 aromatic heterocycles. The van der Waals surface area contributed by atoms with Crippen molar-refractivity contribution in [2.75, 3.05) is 45.1 Å². The van der Waals surface area contributed by atoms with Crippen molar-refractivity contribution in [3.05, 3.63) is 66.1 Å². The van der Waals surface area contributed by atoms with E-state index in [0.29, 0.717) is 25.2 Å². The highest BCUT2D eigenvalue weighted by molar-refractivity contribution is 6.09. The van der Waals surface area contributed by atoms with Crippen LogP contribution in [0.15, 0.2) is 54.9 Å². The number of benzene rings is 1. The average Bonchev–Trinajstić information content (AvgIpc) is 3.19. The van der Waals surface area contributed by atoms with Crippen molar-refractivity contribution < 1.29 is 9.59 Å². The number of Topliss-reactive ketones (excluding diaryl/α,β-unsaturated/α-hetero) is 1. The number of H-pyrrole nitrogens is 1. The van der Waals surface area contributed by atoms with E-state index in [-0.39, 0.29) is 18.4 Å². The van der Waals surface area contributed by atoms with Crippen molar-refractivity contribution in [3.8, 4) is 11.3 Å². The van der Waals surface area contributed by atoms with Gasteiger partial charge in [0, 0.05) is 55.5 Å². The number of hydrogen-bond acceptors (Lipinski definition) is 5. The van der Waals surface area contributed by atoms with Crippen LogP contribution < -0.4 is 5.32 Å². The summed E-state index contributed by atoms with van der Waals surface area (Å²) in [4.78, 5) is 39.6. The Morgan fingerprint density at radius 1 is 0.969 bits per heavy atom. The van der Waals surface area contributed by atoms with E-state index in [0.717, 1.165) is 41.4 Å². The summed E-state index contributed by atoms with van der Waals surface area (Å²) in [7, 11) is 2.05. The van der Waals surface area contributed by atoms with Gasteiger partial charge in [0.1, 0.15) is 0 Å². The molecule has 2 aliphatic rings. The second-order valence-corrected chi connectivity index (χ2v) is 8.31. The summed E-state index contributed by atoms with van der Waals surface area (Å²) in [6.45, 7) is 3.51. The van der Waals surface area contributed by atoms with E-state index in [9.17, 15) is 9.59 Å². The third-order valence-electron chi connectivity index (χ3n) is 6.10. The van der Waals surface area contributed by atoms with Crippen molar-refractivity contribution in [2.45, 2.75) is 6.54 Å². The summed E-state index contributed by atoms with van der Waals surface area (Å²) in [5.74, 6) is -0.0660. The standard InChI is InChI=1S/C24H26N6O2/c1-28-11-13-29(14-12-28)24(32)30-15-19-21(20(31)16-30)23(26-18-5-3-2-4-6-18)22(27-19)17-7-9-25-10-8-17/h2-10,26-27H,11-16H2,1H3. The number of carbonyl (C=O) groups excluding carboxylic acids is 2. The molecule has 2 N–H and O–H groups in total. The third-order valence-corrected chi connectivity index (χ3v) is 6.10. The number of aromatic nitrogens is 2. The predicted molar refractivity (Wildman–Crippen MR) is 123 cm³/mol. The number of fused-ring (bicyclic) bond motifs is 1. The molecule has 5 rings (SSSR count). The van der Waals surface area contributed by atoms with Crippen LogP contribution in [0.25, 0.3) is 11.3 Å². The molecular formula is C24H26N6O2. The Kier molecular flexibility index (Phi) is 5.36. The molecule has 0 saturated carbocycles. The second-order valence-electron chi connectivity index (χ2n) is 8.31. The first-order valence-electron chi connectivity index (χ1n) is 10.8. The first-order chi connectivity index (χ1) is 15.6. The highest BCUT2D eigenvalue weighted by Gasteiger charge is 2.34. The Bertz CT molecular complexity index is 1120. The molecule has 1 saturated heterocycles. The lowest BCUT2D eigenvalue weighted by atomic mass is 10.0. The lowest BCUT2D eigenvalue weighted by Crippen LogP contribution is -2.53. The second kappa shape index (κ2) is 8.47. The number of amides is 2. The average molecular weight is 431 g/mol. The fourth-order valence-electron chi connectivity index (χ4n) is 4.34. The third kappa shape index (κ3) is 3.85. The normalized spacial score (nSPS) is 16.7. The van der Waals surface area contributed by atoms with Gasteiger partial charge < -0.3 is 25.0 Å². The van der Waals surface area contributed by atoms with Crippen LogP contribution in [0, 0.1) is 0 Å². The molecule has 0 atom stereocenters. The minimum absolute atomic E-state index is 0.0660. The maximum atomic E-state index is 13.3. The Morgan fingerprint density at radius 3 is 2.41 bits per heavy atom. The molecule has 2 aliphatic heterocycles. The molecule has 0 unspecified atom stereocenters. The van der Waals surface area contributed by atoms with Crippen molar-refractivity contribution in [3.63, 3.8) is 0 Å². The molecule has 8 nitrogen and oxygen atoms in total. The maximum absolute atomic E-state index is 13.3. The molecule has 32 heavy (non-hydrogen) atoms. The van der Waals surface area contributed by atoms with Crippen LogP contribution in [0.3, 0.4) is 0 Å². The number of aromatic amines is 1. The van der Waals surface area contributed by atoms with Gasteiger partial charge in [-0.3, -0.25) is 9.78 Å². The van der Waals surface area contributed by atoms with Crippen molar-refractivity contribution >= 4 is 23.2 Å². The molecule has 0 aliphatic carbocycles. The largest absolute Gasteiger partial charge is 0.355 e. The molecule has 0 radical (unpaired) electrons. The number of ketones is 1. The Morgan fingerprint density at radius 2 is 1.69 bits per heavy atom. The SMILES string of the molecule is CN1CCN(C(=O)N2CC(=O)c3c([nH]c(-c4ccncc4)c3Nc3ccccc3)C2)CC1. The zero-order chi connectivity index (χ0) is 22.1. The number of carbonyl (C=O) groups is 2. The quantitative estimate of drug-likeness (QED) is 0.667. The van der Waals surface area contributed by atoms with Crippen LogP contribution in [0.4, 0.5) is 16.2 Å². The molecule has 0 bridgehead atoms. The van der Waals surface area contributed by atoms with Gasteiger partial charge in [0.2, 0.25) is 0 Å². The minimum atomic E-state index is -0.0743. The van der Waals surface area contributed by atoms with E-state index >= 15 is 0 Å². The lowest BCUT2D eigenvalue weighted by molar-refractivity contribution is 0.0858. The fourth-order valence-corrected chi connectivity index (χ4v) is 4.34. The van der Waals surface area contributed by atoms with Crippen LogP contribution in [0.1, 0.15) is 16.1 Å². The molecule has 1 fully saturated rings. The highest BCUT2D eigenvalue weighted by atomic mass is 16.2. The fraction of sp³-hybridized carbons (Fsp3) is 0.292. The molecule has 4 heterocycles. The smallest absolute Gasteiger partial charge is 0.320 e. The van der Waals surface area contributed by atoms with E-state index in [1.165, 1.54) is 0 Å². The summed E-state index contributed by atoms with van der Waals surface area (Å²) < 4.78 is 0. The Balaban J connectivity index is 1.49. The highest BCUT2D eigenvalue weighted by Crippen LogP contribution is 2.38. The van der Waals surface area contributed by atoms with Gasteiger partial charge in [-0.1, -0.05) is 18.2 Å². The minimum Gasteiger partial charge on any atom is -0.355 e. The van der Waals surface area contributed by atoms with Crippen LogP contribution >= 0.6 is 0 Å². The number of pyridine rings is 1. The Labute approximate surface area is 186 Å². The van der Waals surface area contributed by atoms with Crippen LogP contribution in [-0.4, -0.2) is 76.3 Å². The number of nitrogens with zero attached hydrogens (tertiary/aromatic N) is 4. The molecule has 1 aromatic carbocycles. The van der Waals surface area contributed by atoms with E-state index < -0.39 is 0 Å². The number of piperazine rings is 1. The maximum Gasteiger partial charge on any atom is 0.320 e. The number of hydrogen-bond donors (Lipinski definition) is 2. The molecule has 2 amide bonds. The van der Waals surface area contributed by atoms with Gasteiger partial charge in [0.25, 0.3) is 0 Å². The monoisotopic (exact) mass is 430 g/mol. The lowest BCUT2D eigenvalue weighted by Gasteiger charge is -2.37. The van der Waals surface area contributed by atoms with Crippen LogP contribution in [0.5, 0.6) is 0 Å². The molecule has 8 heteroatoms. The number of para-hydroxylation sites is 1. The van der Waals surface area contributed by atoms with Crippen molar-refractivity contribution in [1.82, 2.24) is 24.7 Å². The summed E-state index contributed by atoms with van der Waals surface area (Å²) in [5.41, 5.74) is 4.78. The number of urea groups is 1. The van der Waals surface area contributed by atoms with Gasteiger partial charge in [-0.15, -0.1) is 0 Å². The van der Waals surface area contributed by atoms with E-state index in [1.54, 1.807) is 17.3 Å². The summed E-state index contributed by atoms with van der Waals surface area (Å²) in [6, 6.07) is 13.5. The topological polar surface area (TPSA) is 84.6 Å². The van der Waals surface area contributed by atoms with Gasteiger partial charge in [-0.2, -0.15) is 0 Å². The van der Waals surface area contributed by atoms with Gasteiger partial charge in [0.15, 0.2) is 5.78 Å². The van der Waals surface area contributed by atoms with Crippen LogP contribution in [-0.2, 0) is 6.54 Å². The molecule has 164 valence electrons. The number of rotatable bonds is 3. The first-order valence-corrected chi connectivity index (χ1v) is 10.8. The number of likely N-dealkylation sites (N-methyl/N-ethyl adjacent to an activating group) is 1. The zero-order valence-electron chi connectivity index (χ0n) is 18.0. The molecular weight excluding hydrogens is 404 g/mol. The molecule has 0 spiro atoms. The van der Waals surface area contributed by atoms with Gasteiger partial charge in [0.05, 0.1) is 30.0 Å². The van der Waals surface area contributed by atoms with E-state index in [2.05, 4.69) is 27.2 Å². The summed E-state index contributed by atoms with van der Waals surface area (Å²) in [6.07, 6.45) is 3.46. The summed E-state index contributed by atoms with van der Waals surface area (Å²) >= 11 is 0. The van der Waals surface area contributed by atoms with Gasteiger partial charge >= 0.3 is 6.03 Å². The van der Waals surface area contributed by atoms with Crippen molar-refractivity contribution in [1.29, 1.82) is 0 Å². The number of nitrogens with one attached hydrogen (secondary N) is 2. The predicted octanol–water partition coefficient (Wildman–Crippen LogP) is 3.19. The van der Waals surface area contributed by atoms with Gasteiger partial charge in [-0.25, -0.2) is 4.79 Å². The first kappa shape index (κ1) is 20.3. The number of anilines is 2. The zero-order valence-corrected chi connectivity index (χ0v) is 18.0. The van der Waals surface area contributed by atoms with Crippen LogP contribution in [0.2, 0.25) is 0 Å². The van der Waals surface area contributed by atoms with Crippen molar-refractivity contribution in [2.24, 2.45) is 0 Å². The van der Waals surface area contributed by atoms with E-state index in [1.807, 2.05) is 47.4 Å². The summed E-state index contributed by atoms with van der Waals surface area (Å²) in [5, 5.41) is 3.43. The van der Waals surface area contributed by atoms with Gasteiger partial charge in [-0.05, 0) is 31.3 Å². The Hall–Kier alpha value is -3.65.